The van der Waals surface area contributed by atoms with Crippen LogP contribution in [0.2, 0.25) is 0 Å². The van der Waals surface area contributed by atoms with Gasteiger partial charge in [0.15, 0.2) is 0 Å². The minimum atomic E-state index is -0.00836. The van der Waals surface area contributed by atoms with E-state index in [1.165, 1.54) is 0 Å². The van der Waals surface area contributed by atoms with Gasteiger partial charge >= 0.3 is 0 Å². The summed E-state index contributed by atoms with van der Waals surface area (Å²) < 4.78 is 0. The molecule has 20 heavy (non-hydrogen) atoms. The first-order valence-corrected chi connectivity index (χ1v) is 6.85. The molecule has 0 bridgehead atoms. The maximum atomic E-state index is 12.6. The van der Waals surface area contributed by atoms with Crippen LogP contribution in [-0.2, 0) is 0 Å². The summed E-state index contributed by atoms with van der Waals surface area (Å²) in [5, 5.41) is 9.18. The van der Waals surface area contributed by atoms with E-state index in [4.69, 9.17) is 5.73 Å². The molecule has 0 aliphatic carbocycles. The average Bonchev–Trinajstić information content (AvgIpc) is 2.94. The van der Waals surface area contributed by atoms with E-state index in [0.717, 1.165) is 17.5 Å². The summed E-state index contributed by atoms with van der Waals surface area (Å²) in [6.07, 6.45) is 0.859. The number of hydrogen-bond acceptors (Lipinski definition) is 3. The quantitative estimate of drug-likeness (QED) is 0.781. The molecular formula is C16H20N2O2. The Morgan fingerprint density at radius 1 is 1.55 bits per heavy atom. The average molecular weight is 272 g/mol. The van der Waals surface area contributed by atoms with Crippen LogP contribution in [0.5, 0.6) is 0 Å². The van der Waals surface area contributed by atoms with E-state index in [9.17, 15) is 9.90 Å². The van der Waals surface area contributed by atoms with Gasteiger partial charge in [0.05, 0.1) is 12.1 Å². The van der Waals surface area contributed by atoms with Gasteiger partial charge in [-0.15, -0.1) is 0 Å². The smallest absolute Gasteiger partial charge is 0.255 e. The van der Waals surface area contributed by atoms with Gasteiger partial charge in [0.2, 0.25) is 0 Å². The van der Waals surface area contributed by atoms with Gasteiger partial charge in [0, 0.05) is 31.2 Å². The van der Waals surface area contributed by atoms with Crippen LogP contribution in [0.4, 0.5) is 0 Å². The van der Waals surface area contributed by atoms with Crippen LogP contribution in [0.15, 0.2) is 18.2 Å². The number of aliphatic hydroxyl groups is 1. The number of likely N-dealkylation sites (tertiary alicyclic amines) is 1. The van der Waals surface area contributed by atoms with E-state index < -0.39 is 0 Å². The molecule has 1 unspecified atom stereocenters. The van der Waals surface area contributed by atoms with E-state index in [0.29, 0.717) is 18.7 Å². The van der Waals surface area contributed by atoms with Gasteiger partial charge < -0.3 is 15.7 Å². The SMILES string of the molecule is Cc1ccc(C#CCN)c(C(=O)N2CCC(CO)C2)c1. The van der Waals surface area contributed by atoms with Crippen molar-refractivity contribution >= 4 is 5.91 Å². The minimum absolute atomic E-state index is 0.00836. The number of nitrogens with zero attached hydrogens (tertiary/aromatic N) is 1. The van der Waals surface area contributed by atoms with Crippen LogP contribution in [0, 0.1) is 24.7 Å². The number of carbonyl (C=O) groups excluding carboxylic acids is 1. The Bertz CT molecular complexity index is 557. The van der Waals surface area contributed by atoms with Gasteiger partial charge in [-0.05, 0) is 25.5 Å². The van der Waals surface area contributed by atoms with Crippen LogP contribution < -0.4 is 5.73 Å². The molecular weight excluding hydrogens is 252 g/mol. The zero-order valence-corrected chi connectivity index (χ0v) is 11.7. The van der Waals surface area contributed by atoms with E-state index in [2.05, 4.69) is 11.8 Å². The molecule has 0 spiro atoms. The Balaban J connectivity index is 2.27. The third-order valence-electron chi connectivity index (χ3n) is 3.56. The van der Waals surface area contributed by atoms with Gasteiger partial charge in [0.25, 0.3) is 5.91 Å². The largest absolute Gasteiger partial charge is 0.396 e. The lowest BCUT2D eigenvalue weighted by Gasteiger charge is -2.17. The van der Waals surface area contributed by atoms with E-state index >= 15 is 0 Å². The molecule has 0 saturated carbocycles. The molecule has 4 heteroatoms. The lowest BCUT2D eigenvalue weighted by molar-refractivity contribution is 0.0781. The Morgan fingerprint density at radius 3 is 3.00 bits per heavy atom. The van der Waals surface area contributed by atoms with Crippen molar-refractivity contribution in [2.24, 2.45) is 11.7 Å². The molecule has 1 amide bonds. The third kappa shape index (κ3) is 3.19. The molecule has 4 nitrogen and oxygen atoms in total. The Kier molecular flexibility index (Phi) is 4.78. The van der Waals surface area contributed by atoms with Crippen LogP contribution >= 0.6 is 0 Å². The van der Waals surface area contributed by atoms with Crippen molar-refractivity contribution in [3.8, 4) is 11.8 Å². The molecule has 1 aromatic rings. The van der Waals surface area contributed by atoms with Crippen molar-refractivity contribution < 1.29 is 9.90 Å². The highest BCUT2D eigenvalue weighted by atomic mass is 16.3. The predicted octanol–water partition coefficient (Wildman–Crippen LogP) is 0.760. The highest BCUT2D eigenvalue weighted by Gasteiger charge is 2.27. The van der Waals surface area contributed by atoms with Gasteiger partial charge in [-0.3, -0.25) is 4.79 Å². The van der Waals surface area contributed by atoms with Crippen molar-refractivity contribution in [1.29, 1.82) is 0 Å². The van der Waals surface area contributed by atoms with E-state index in [-0.39, 0.29) is 25.0 Å². The summed E-state index contributed by atoms with van der Waals surface area (Å²) in [6.45, 7) is 3.68. The monoisotopic (exact) mass is 272 g/mol. The summed E-state index contributed by atoms with van der Waals surface area (Å²) in [5.41, 5.74) is 7.78. The number of rotatable bonds is 2. The number of aryl methyl sites for hydroxylation is 1. The molecule has 1 aromatic carbocycles. The molecule has 1 aliphatic rings. The molecule has 1 fully saturated rings. The van der Waals surface area contributed by atoms with E-state index in [1.807, 2.05) is 25.1 Å². The lowest BCUT2D eigenvalue weighted by atomic mass is 10.0. The summed E-state index contributed by atoms with van der Waals surface area (Å²) >= 11 is 0. The van der Waals surface area contributed by atoms with Gasteiger partial charge in [-0.2, -0.15) is 0 Å². The first-order valence-electron chi connectivity index (χ1n) is 6.85. The number of benzene rings is 1. The van der Waals surface area contributed by atoms with Gasteiger partial charge in [-0.1, -0.05) is 23.5 Å². The Labute approximate surface area is 119 Å². The Hall–Kier alpha value is -1.83. The van der Waals surface area contributed by atoms with Crippen LogP contribution in [0.1, 0.15) is 27.9 Å². The second-order valence-corrected chi connectivity index (χ2v) is 5.14. The first kappa shape index (κ1) is 14.6. The van der Waals surface area contributed by atoms with Crippen LogP contribution in [-0.4, -0.2) is 42.2 Å². The van der Waals surface area contributed by atoms with Crippen molar-refractivity contribution in [2.45, 2.75) is 13.3 Å². The predicted molar refractivity (Wildman–Crippen MR) is 78.2 cm³/mol. The fourth-order valence-electron chi connectivity index (χ4n) is 2.43. The normalized spacial score (nSPS) is 17.8. The second kappa shape index (κ2) is 6.56. The molecule has 106 valence electrons. The number of amides is 1. The molecule has 1 aliphatic heterocycles. The zero-order valence-electron chi connectivity index (χ0n) is 11.7. The summed E-state index contributed by atoms with van der Waals surface area (Å²) in [5.74, 6) is 5.94. The molecule has 3 N–H and O–H groups in total. The molecule has 1 heterocycles. The summed E-state index contributed by atoms with van der Waals surface area (Å²) in [4.78, 5) is 14.4. The first-order chi connectivity index (χ1) is 9.65. The Morgan fingerprint density at radius 2 is 2.35 bits per heavy atom. The molecule has 0 aromatic heterocycles. The van der Waals surface area contributed by atoms with Gasteiger partial charge in [0.1, 0.15) is 0 Å². The number of aliphatic hydroxyl groups excluding tert-OH is 1. The number of nitrogens with two attached hydrogens (primary N) is 1. The summed E-state index contributed by atoms with van der Waals surface area (Å²) in [6, 6.07) is 5.68. The number of carbonyl (C=O) groups is 1. The van der Waals surface area contributed by atoms with Crippen molar-refractivity contribution in [2.75, 3.05) is 26.2 Å². The number of hydrogen-bond donors (Lipinski definition) is 2. The second-order valence-electron chi connectivity index (χ2n) is 5.14. The standard InChI is InChI=1S/C16H20N2O2/c1-12-4-5-14(3-2-7-17)15(9-12)16(20)18-8-6-13(10-18)11-19/h4-5,9,13,19H,6-8,10-11,17H2,1H3. The molecule has 2 rings (SSSR count). The van der Waals surface area contributed by atoms with Crippen molar-refractivity contribution in [1.82, 2.24) is 4.90 Å². The van der Waals surface area contributed by atoms with Crippen molar-refractivity contribution in [3.05, 3.63) is 34.9 Å². The summed E-state index contributed by atoms with van der Waals surface area (Å²) in [7, 11) is 0. The molecule has 1 saturated heterocycles. The van der Waals surface area contributed by atoms with Gasteiger partial charge in [-0.25, -0.2) is 0 Å². The fraction of sp³-hybridized carbons (Fsp3) is 0.438. The maximum absolute atomic E-state index is 12.6. The maximum Gasteiger partial charge on any atom is 0.255 e. The molecule has 0 radical (unpaired) electrons. The van der Waals surface area contributed by atoms with Crippen LogP contribution in [0.25, 0.3) is 0 Å². The highest BCUT2D eigenvalue weighted by molar-refractivity contribution is 5.97. The van der Waals surface area contributed by atoms with Crippen LogP contribution in [0.3, 0.4) is 0 Å². The minimum Gasteiger partial charge on any atom is -0.396 e. The molecule has 1 atom stereocenters. The zero-order chi connectivity index (χ0) is 14.5. The lowest BCUT2D eigenvalue weighted by Crippen LogP contribution is -2.29. The third-order valence-corrected chi connectivity index (χ3v) is 3.56. The van der Waals surface area contributed by atoms with Crippen molar-refractivity contribution in [3.63, 3.8) is 0 Å². The fourth-order valence-corrected chi connectivity index (χ4v) is 2.43. The topological polar surface area (TPSA) is 66.6 Å². The highest BCUT2D eigenvalue weighted by Crippen LogP contribution is 2.20. The van der Waals surface area contributed by atoms with E-state index in [1.54, 1.807) is 4.90 Å².